The number of carbonyl (C=O) groups excluding carboxylic acids is 2. The topological polar surface area (TPSA) is 62.3 Å². The average molecular weight is 420 g/mol. The van der Waals surface area contributed by atoms with Crippen LogP contribution in [0.5, 0.6) is 0 Å². The minimum Gasteiger partial charge on any atom is -0.302 e. The fourth-order valence-electron chi connectivity index (χ4n) is 3.57. The molecule has 0 spiro atoms. The summed E-state index contributed by atoms with van der Waals surface area (Å²) in [6, 6.07) is 17.9. The Hall–Kier alpha value is -2.83. The fourth-order valence-corrected chi connectivity index (χ4v) is 4.64. The summed E-state index contributed by atoms with van der Waals surface area (Å²) >= 11 is 1.54. The number of hydrogen-bond donors (Lipinski definition) is 1. The molecule has 0 saturated heterocycles. The number of benzene rings is 2. The number of amides is 1. The summed E-state index contributed by atoms with van der Waals surface area (Å²) < 4.78 is 0. The van der Waals surface area contributed by atoms with Crippen molar-refractivity contribution in [2.24, 2.45) is 0 Å². The molecule has 0 atom stereocenters. The first-order valence-electron chi connectivity index (χ1n) is 10.2. The number of thiazole rings is 1. The van der Waals surface area contributed by atoms with Crippen LogP contribution in [-0.4, -0.2) is 28.1 Å². The molecule has 0 radical (unpaired) electrons. The van der Waals surface area contributed by atoms with Gasteiger partial charge in [-0.3, -0.25) is 14.5 Å². The van der Waals surface area contributed by atoms with E-state index in [9.17, 15) is 9.59 Å². The maximum absolute atomic E-state index is 12.3. The number of fused-ring (bicyclic) bond motifs is 1. The highest BCUT2D eigenvalue weighted by Gasteiger charge is 2.21. The maximum atomic E-state index is 12.3. The van der Waals surface area contributed by atoms with Gasteiger partial charge in [-0.1, -0.05) is 60.2 Å². The number of carbonyl (C=O) groups is 2. The molecule has 0 unspecified atom stereocenters. The minimum atomic E-state index is -0.164. The highest BCUT2D eigenvalue weighted by atomic mass is 32.1. The van der Waals surface area contributed by atoms with Gasteiger partial charge in [-0.2, -0.15) is 0 Å². The van der Waals surface area contributed by atoms with E-state index in [1.54, 1.807) is 11.3 Å². The molecule has 0 bridgehead atoms. The Labute approximate surface area is 180 Å². The number of Topliss-reactive ketones (excluding diaryl/α,β-unsaturated/α-hetero) is 1. The van der Waals surface area contributed by atoms with Crippen LogP contribution in [0.25, 0.3) is 0 Å². The van der Waals surface area contributed by atoms with E-state index in [1.807, 2.05) is 37.3 Å². The molecule has 30 heavy (non-hydrogen) atoms. The van der Waals surface area contributed by atoms with Crippen LogP contribution < -0.4 is 5.32 Å². The molecule has 1 N–H and O–H groups in total. The molecule has 4 rings (SSSR count). The molecule has 154 valence electrons. The standard InChI is InChI=1S/C24H25N3O2S/c1-17-7-9-19(10-8-17)21(28)11-12-23(29)26-24-25-20-13-14-27(16-22(20)30-24)15-18-5-3-2-4-6-18/h2-10H,11-16H2,1H3,(H,25,26,29). The number of aryl methyl sites for hydroxylation is 1. The van der Waals surface area contributed by atoms with Crippen LogP contribution in [0, 0.1) is 6.92 Å². The van der Waals surface area contributed by atoms with Crippen molar-refractivity contribution in [1.29, 1.82) is 0 Å². The van der Waals surface area contributed by atoms with Crippen LogP contribution in [0.3, 0.4) is 0 Å². The normalized spacial score (nSPS) is 13.6. The first kappa shape index (κ1) is 20.4. The number of hydrogen-bond acceptors (Lipinski definition) is 5. The molecule has 6 heteroatoms. The fraction of sp³-hybridized carbons (Fsp3) is 0.292. The van der Waals surface area contributed by atoms with E-state index < -0.39 is 0 Å². The summed E-state index contributed by atoms with van der Waals surface area (Å²) in [5.74, 6) is -0.178. The maximum Gasteiger partial charge on any atom is 0.226 e. The highest BCUT2D eigenvalue weighted by Crippen LogP contribution is 2.29. The molecule has 5 nitrogen and oxygen atoms in total. The van der Waals surface area contributed by atoms with Crippen molar-refractivity contribution in [1.82, 2.24) is 9.88 Å². The van der Waals surface area contributed by atoms with E-state index in [0.717, 1.165) is 37.3 Å². The summed E-state index contributed by atoms with van der Waals surface area (Å²) in [6.45, 7) is 4.71. The van der Waals surface area contributed by atoms with Crippen molar-refractivity contribution >= 4 is 28.2 Å². The largest absolute Gasteiger partial charge is 0.302 e. The molecule has 1 amide bonds. The van der Waals surface area contributed by atoms with Crippen molar-refractivity contribution in [2.45, 2.75) is 39.3 Å². The number of nitrogens with one attached hydrogen (secondary N) is 1. The van der Waals surface area contributed by atoms with Gasteiger partial charge in [0.1, 0.15) is 0 Å². The summed E-state index contributed by atoms with van der Waals surface area (Å²) in [6.07, 6.45) is 1.25. The zero-order valence-corrected chi connectivity index (χ0v) is 17.9. The Morgan fingerprint density at radius 3 is 2.60 bits per heavy atom. The number of nitrogens with zero attached hydrogens (tertiary/aromatic N) is 2. The van der Waals surface area contributed by atoms with Crippen LogP contribution >= 0.6 is 11.3 Å². The molecular formula is C24H25N3O2S. The first-order valence-corrected chi connectivity index (χ1v) is 11.0. The van der Waals surface area contributed by atoms with Crippen LogP contribution in [0.4, 0.5) is 5.13 Å². The minimum absolute atomic E-state index is 0.0138. The zero-order valence-electron chi connectivity index (χ0n) is 17.1. The average Bonchev–Trinajstić information content (AvgIpc) is 3.14. The van der Waals surface area contributed by atoms with Crippen molar-refractivity contribution in [2.75, 3.05) is 11.9 Å². The molecule has 3 aromatic rings. The van der Waals surface area contributed by atoms with Gasteiger partial charge in [0, 0.05) is 49.3 Å². The summed E-state index contributed by atoms with van der Waals surface area (Å²) in [5, 5.41) is 3.51. The first-order chi connectivity index (χ1) is 14.6. The van der Waals surface area contributed by atoms with Gasteiger partial charge in [0.15, 0.2) is 10.9 Å². The molecule has 1 aliphatic heterocycles. The second-order valence-electron chi connectivity index (χ2n) is 7.67. The van der Waals surface area contributed by atoms with Gasteiger partial charge in [0.05, 0.1) is 5.69 Å². The molecule has 0 aliphatic carbocycles. The van der Waals surface area contributed by atoms with E-state index in [-0.39, 0.29) is 24.5 Å². The van der Waals surface area contributed by atoms with E-state index in [4.69, 9.17) is 0 Å². The van der Waals surface area contributed by atoms with Crippen molar-refractivity contribution < 1.29 is 9.59 Å². The zero-order chi connectivity index (χ0) is 20.9. The molecule has 1 aliphatic rings. The van der Waals surface area contributed by atoms with Crippen molar-refractivity contribution in [3.05, 3.63) is 81.9 Å². The molecule has 0 saturated carbocycles. The quantitative estimate of drug-likeness (QED) is 0.568. The van der Waals surface area contributed by atoms with Gasteiger partial charge < -0.3 is 5.32 Å². The Balaban J connectivity index is 1.29. The van der Waals surface area contributed by atoms with Crippen LogP contribution in [-0.2, 0) is 24.3 Å². The third kappa shape index (κ3) is 5.20. The van der Waals surface area contributed by atoms with Crippen molar-refractivity contribution in [3.8, 4) is 0 Å². The number of aromatic nitrogens is 1. The van der Waals surface area contributed by atoms with Gasteiger partial charge in [0.2, 0.25) is 5.91 Å². The summed E-state index contributed by atoms with van der Waals surface area (Å²) in [4.78, 5) is 32.8. The lowest BCUT2D eigenvalue weighted by Crippen LogP contribution is -2.29. The SMILES string of the molecule is Cc1ccc(C(=O)CCC(=O)Nc2nc3c(s2)CN(Cc2ccccc2)CC3)cc1. The smallest absolute Gasteiger partial charge is 0.226 e. The Kier molecular flexibility index (Phi) is 6.35. The van der Waals surface area contributed by atoms with Crippen LogP contribution in [0.15, 0.2) is 54.6 Å². The molecule has 0 fully saturated rings. The monoisotopic (exact) mass is 419 g/mol. The lowest BCUT2D eigenvalue weighted by molar-refractivity contribution is -0.116. The summed E-state index contributed by atoms with van der Waals surface area (Å²) in [5.41, 5.74) is 4.14. The van der Waals surface area contributed by atoms with Gasteiger partial charge >= 0.3 is 0 Å². The van der Waals surface area contributed by atoms with Gasteiger partial charge in [-0.25, -0.2) is 4.98 Å². The third-order valence-electron chi connectivity index (χ3n) is 5.26. The van der Waals surface area contributed by atoms with E-state index in [1.165, 1.54) is 10.4 Å². The Morgan fingerprint density at radius 2 is 1.83 bits per heavy atom. The lowest BCUT2D eigenvalue weighted by atomic mass is 10.1. The van der Waals surface area contributed by atoms with E-state index >= 15 is 0 Å². The number of rotatable bonds is 7. The van der Waals surface area contributed by atoms with E-state index in [0.29, 0.717) is 10.7 Å². The predicted molar refractivity (Wildman–Crippen MR) is 120 cm³/mol. The Bertz CT molecular complexity index is 1030. The predicted octanol–water partition coefficient (Wildman–Crippen LogP) is 4.61. The molecule has 2 aromatic carbocycles. The van der Waals surface area contributed by atoms with Gasteiger partial charge in [-0.15, -0.1) is 11.3 Å². The van der Waals surface area contributed by atoms with Crippen molar-refractivity contribution in [3.63, 3.8) is 0 Å². The second kappa shape index (κ2) is 9.32. The number of ketones is 1. The number of anilines is 1. The lowest BCUT2D eigenvalue weighted by Gasteiger charge is -2.25. The Morgan fingerprint density at radius 1 is 1.07 bits per heavy atom. The third-order valence-corrected chi connectivity index (χ3v) is 6.26. The highest BCUT2D eigenvalue weighted by molar-refractivity contribution is 7.15. The molecule has 1 aromatic heterocycles. The van der Waals surface area contributed by atoms with Gasteiger partial charge in [-0.05, 0) is 12.5 Å². The van der Waals surface area contributed by atoms with Crippen LogP contribution in [0.1, 0.15) is 44.9 Å². The van der Waals surface area contributed by atoms with E-state index in [2.05, 4.69) is 39.5 Å². The molecule has 2 heterocycles. The second-order valence-corrected chi connectivity index (χ2v) is 8.76. The van der Waals surface area contributed by atoms with Crippen LogP contribution in [0.2, 0.25) is 0 Å². The summed E-state index contributed by atoms with van der Waals surface area (Å²) in [7, 11) is 0. The van der Waals surface area contributed by atoms with Gasteiger partial charge in [0.25, 0.3) is 0 Å². The molecular weight excluding hydrogens is 394 g/mol.